The minimum absolute atomic E-state index is 0.0598. The lowest BCUT2D eigenvalue weighted by Crippen LogP contribution is -2.40. The van der Waals surface area contributed by atoms with Crippen LogP contribution in [0, 0.1) is 23.7 Å². The van der Waals surface area contributed by atoms with Crippen molar-refractivity contribution in [2.45, 2.75) is 6.92 Å². The van der Waals surface area contributed by atoms with Gasteiger partial charge in [-0.25, -0.2) is 19.4 Å². The van der Waals surface area contributed by atoms with E-state index in [0.717, 1.165) is 34.6 Å². The van der Waals surface area contributed by atoms with Gasteiger partial charge in [-0.05, 0) is 24.1 Å². The quantitative estimate of drug-likeness (QED) is 0.478. The van der Waals surface area contributed by atoms with Crippen molar-refractivity contribution in [3.63, 3.8) is 0 Å². The molecule has 0 aliphatic carbocycles. The number of methoxy groups -OCH3 is 4. The molecule has 1 heterocycles. The molecule has 0 amide bonds. The molecule has 1 atom stereocenters. The average Bonchev–Trinajstić information content (AvgIpc) is 3.19. The first-order valence-electron chi connectivity index (χ1n) is 9.08. The third-order valence-corrected chi connectivity index (χ3v) is 4.76. The van der Waals surface area contributed by atoms with E-state index in [4.69, 9.17) is 18.9 Å². The van der Waals surface area contributed by atoms with Crippen LogP contribution in [0.1, 0.15) is 31.8 Å². The van der Waals surface area contributed by atoms with Crippen molar-refractivity contribution < 1.29 is 38.1 Å². The van der Waals surface area contributed by atoms with Gasteiger partial charge in [0.2, 0.25) is 0 Å². The monoisotopic (exact) mass is 440 g/mol. The minimum Gasteiger partial charge on any atom is -0.468 e. The first-order chi connectivity index (χ1) is 15.2. The van der Waals surface area contributed by atoms with Crippen LogP contribution in [0.5, 0.6) is 0 Å². The SMILES string of the molecule is COC(=O)C1=CN=C(C#N)C1(/C=C\c1cc(C)cc(C(=O)OC)c1C(=O)OC)C(=O)OC. The lowest BCUT2D eigenvalue weighted by Gasteiger charge is -2.24. The summed E-state index contributed by atoms with van der Waals surface area (Å²) in [6, 6.07) is 4.79. The molecular weight excluding hydrogens is 420 g/mol. The van der Waals surface area contributed by atoms with Crippen molar-refractivity contribution in [3.05, 3.63) is 52.2 Å². The predicted octanol–water partition coefficient (Wildman–Crippen LogP) is 1.78. The van der Waals surface area contributed by atoms with Crippen LogP contribution in [0.3, 0.4) is 0 Å². The van der Waals surface area contributed by atoms with Crippen LogP contribution in [0.25, 0.3) is 6.08 Å². The van der Waals surface area contributed by atoms with E-state index < -0.39 is 29.3 Å². The highest BCUT2D eigenvalue weighted by atomic mass is 16.5. The van der Waals surface area contributed by atoms with Gasteiger partial charge in [-0.3, -0.25) is 4.79 Å². The maximum absolute atomic E-state index is 12.8. The van der Waals surface area contributed by atoms with Crippen molar-refractivity contribution in [3.8, 4) is 6.07 Å². The molecule has 0 aromatic heterocycles. The first kappa shape index (κ1) is 24.0. The molecule has 1 aliphatic heterocycles. The van der Waals surface area contributed by atoms with E-state index in [2.05, 4.69) is 4.99 Å². The van der Waals surface area contributed by atoms with E-state index in [1.807, 2.05) is 0 Å². The van der Waals surface area contributed by atoms with E-state index in [0.29, 0.717) is 5.56 Å². The Labute approximate surface area is 183 Å². The first-order valence-corrected chi connectivity index (χ1v) is 9.08. The van der Waals surface area contributed by atoms with Crippen LogP contribution in [-0.2, 0) is 28.5 Å². The summed E-state index contributed by atoms with van der Waals surface area (Å²) in [6.45, 7) is 1.68. The van der Waals surface area contributed by atoms with Gasteiger partial charge < -0.3 is 18.9 Å². The Balaban J connectivity index is 2.82. The number of rotatable bonds is 6. The van der Waals surface area contributed by atoms with Crippen molar-refractivity contribution in [1.82, 2.24) is 0 Å². The third-order valence-electron chi connectivity index (χ3n) is 4.76. The maximum Gasteiger partial charge on any atom is 0.339 e. The molecular formula is C22H20N2O8. The topological polar surface area (TPSA) is 141 Å². The molecule has 1 unspecified atom stereocenters. The summed E-state index contributed by atoms with van der Waals surface area (Å²) in [6.07, 6.45) is 3.54. The maximum atomic E-state index is 12.8. The van der Waals surface area contributed by atoms with Crippen molar-refractivity contribution in [1.29, 1.82) is 5.26 Å². The van der Waals surface area contributed by atoms with Crippen LogP contribution in [-0.4, -0.2) is 58.0 Å². The number of carbonyl (C=O) groups excluding carboxylic acids is 4. The summed E-state index contributed by atoms with van der Waals surface area (Å²) < 4.78 is 19.1. The average molecular weight is 440 g/mol. The Bertz CT molecular complexity index is 1120. The molecule has 1 aliphatic rings. The largest absolute Gasteiger partial charge is 0.468 e. The molecule has 10 heteroatoms. The summed E-state index contributed by atoms with van der Waals surface area (Å²) in [5.41, 5.74) is -2.02. The number of nitriles is 1. The number of aliphatic imine (C=N–C) groups is 1. The fourth-order valence-corrected chi connectivity index (χ4v) is 3.27. The molecule has 0 spiro atoms. The predicted molar refractivity (Wildman–Crippen MR) is 110 cm³/mol. The number of aryl methyl sites for hydroxylation is 1. The molecule has 166 valence electrons. The van der Waals surface area contributed by atoms with Gasteiger partial charge >= 0.3 is 23.9 Å². The molecule has 0 bridgehead atoms. The molecule has 0 N–H and O–H groups in total. The number of carbonyl (C=O) groups is 4. The summed E-state index contributed by atoms with van der Waals surface area (Å²) in [4.78, 5) is 53.7. The molecule has 10 nitrogen and oxygen atoms in total. The zero-order valence-corrected chi connectivity index (χ0v) is 18.0. The lowest BCUT2D eigenvalue weighted by molar-refractivity contribution is -0.148. The second kappa shape index (κ2) is 9.70. The number of benzene rings is 1. The zero-order valence-electron chi connectivity index (χ0n) is 18.0. The van der Waals surface area contributed by atoms with Gasteiger partial charge in [0.25, 0.3) is 0 Å². The molecule has 1 aromatic rings. The Morgan fingerprint density at radius 1 is 0.969 bits per heavy atom. The molecule has 0 fully saturated rings. The molecule has 2 rings (SSSR count). The van der Waals surface area contributed by atoms with Crippen LogP contribution in [0.15, 0.2) is 35.0 Å². The second-order valence-corrected chi connectivity index (χ2v) is 6.52. The Hall–Kier alpha value is -4.26. The fraction of sp³-hybridized carbons (Fsp3) is 0.273. The molecule has 32 heavy (non-hydrogen) atoms. The van der Waals surface area contributed by atoms with E-state index in [-0.39, 0.29) is 28.0 Å². The molecule has 1 aromatic carbocycles. The highest BCUT2D eigenvalue weighted by Gasteiger charge is 2.52. The number of nitrogens with zero attached hydrogens (tertiary/aromatic N) is 2. The van der Waals surface area contributed by atoms with Crippen molar-refractivity contribution >= 4 is 35.7 Å². The van der Waals surface area contributed by atoms with Gasteiger partial charge in [0.05, 0.1) is 45.1 Å². The van der Waals surface area contributed by atoms with Gasteiger partial charge in [0, 0.05) is 6.20 Å². The number of hydrogen-bond acceptors (Lipinski definition) is 10. The third kappa shape index (κ3) is 4.00. The Kier molecular flexibility index (Phi) is 7.28. The van der Waals surface area contributed by atoms with Gasteiger partial charge in [0.15, 0.2) is 5.41 Å². The van der Waals surface area contributed by atoms with Crippen molar-refractivity contribution in [2.75, 3.05) is 28.4 Å². The van der Waals surface area contributed by atoms with Gasteiger partial charge in [-0.15, -0.1) is 0 Å². The summed E-state index contributed by atoms with van der Waals surface area (Å²) >= 11 is 0. The highest BCUT2D eigenvalue weighted by Crippen LogP contribution is 2.39. The number of ether oxygens (including phenoxy) is 4. The smallest absolute Gasteiger partial charge is 0.339 e. The van der Waals surface area contributed by atoms with Gasteiger partial charge in [0.1, 0.15) is 11.8 Å². The van der Waals surface area contributed by atoms with Crippen LogP contribution in [0.4, 0.5) is 0 Å². The molecule has 0 saturated heterocycles. The van der Waals surface area contributed by atoms with Gasteiger partial charge in [-0.2, -0.15) is 5.26 Å². The van der Waals surface area contributed by atoms with Crippen molar-refractivity contribution in [2.24, 2.45) is 10.4 Å². The molecule has 0 radical (unpaired) electrons. The highest BCUT2D eigenvalue weighted by molar-refractivity contribution is 6.25. The fourth-order valence-electron chi connectivity index (χ4n) is 3.27. The van der Waals surface area contributed by atoms with E-state index in [1.165, 1.54) is 18.2 Å². The Morgan fingerprint density at radius 2 is 1.59 bits per heavy atom. The summed E-state index contributed by atoms with van der Waals surface area (Å²) in [5.74, 6) is -3.48. The molecule has 0 saturated carbocycles. The lowest BCUT2D eigenvalue weighted by atomic mass is 9.76. The second-order valence-electron chi connectivity index (χ2n) is 6.52. The normalized spacial score (nSPS) is 17.1. The summed E-state index contributed by atoms with van der Waals surface area (Å²) in [7, 11) is 4.50. The standard InChI is InChI=1S/C22H20N2O8/c1-12-8-13(17(20(27)31-4)14(9-12)18(25)29-2)6-7-22(21(28)32-5)15(19(26)30-3)11-24-16(22)10-23/h6-9,11H,1-5H3/b7-6-. The minimum atomic E-state index is -2.01. The summed E-state index contributed by atoms with van der Waals surface area (Å²) in [5, 5.41) is 9.55. The van der Waals surface area contributed by atoms with Crippen LogP contribution < -0.4 is 0 Å². The van der Waals surface area contributed by atoms with E-state index in [9.17, 15) is 24.4 Å². The zero-order chi connectivity index (χ0) is 24.1. The Morgan fingerprint density at radius 3 is 2.12 bits per heavy atom. The van der Waals surface area contributed by atoms with E-state index in [1.54, 1.807) is 19.1 Å². The van der Waals surface area contributed by atoms with Gasteiger partial charge in [-0.1, -0.05) is 18.2 Å². The number of esters is 4. The number of hydrogen-bond donors (Lipinski definition) is 0. The van der Waals surface area contributed by atoms with Crippen LogP contribution >= 0.6 is 0 Å². The van der Waals surface area contributed by atoms with E-state index >= 15 is 0 Å². The van der Waals surface area contributed by atoms with Crippen LogP contribution in [0.2, 0.25) is 0 Å².